The molecule has 17 heavy (non-hydrogen) atoms. The quantitative estimate of drug-likeness (QED) is 0.810. The van der Waals surface area contributed by atoms with Crippen LogP contribution in [0.3, 0.4) is 0 Å². The van der Waals surface area contributed by atoms with Gasteiger partial charge in [-0.15, -0.1) is 0 Å². The summed E-state index contributed by atoms with van der Waals surface area (Å²) in [5.74, 6) is 0. The van der Waals surface area contributed by atoms with Crippen LogP contribution in [0, 0.1) is 6.92 Å². The van der Waals surface area contributed by atoms with Gasteiger partial charge in [0.1, 0.15) is 5.69 Å². The van der Waals surface area contributed by atoms with Gasteiger partial charge in [0, 0.05) is 22.5 Å². The zero-order valence-corrected chi connectivity index (χ0v) is 9.71. The number of halogens is 4. The summed E-state index contributed by atoms with van der Waals surface area (Å²) in [6, 6.07) is 3.13. The summed E-state index contributed by atoms with van der Waals surface area (Å²) in [7, 11) is 0. The van der Waals surface area contributed by atoms with Gasteiger partial charge in [0.25, 0.3) is 0 Å². The van der Waals surface area contributed by atoms with Crippen LogP contribution in [-0.2, 0) is 12.7 Å². The number of nitrogens with one attached hydrogen (secondary N) is 1. The lowest BCUT2D eigenvalue weighted by molar-refractivity contribution is -0.141. The molecular formula is C11H10ClF3N2. The van der Waals surface area contributed by atoms with Crippen molar-refractivity contribution in [3.8, 4) is 0 Å². The van der Waals surface area contributed by atoms with Crippen molar-refractivity contribution in [2.45, 2.75) is 19.6 Å². The van der Waals surface area contributed by atoms with E-state index in [1.165, 1.54) is 0 Å². The Bertz CT molecular complexity index is 572. The molecule has 2 rings (SSSR count). The second-order valence-corrected chi connectivity index (χ2v) is 4.18. The number of aromatic amines is 1. The van der Waals surface area contributed by atoms with Gasteiger partial charge in [-0.2, -0.15) is 13.2 Å². The van der Waals surface area contributed by atoms with Crippen LogP contribution in [0.2, 0.25) is 5.02 Å². The second kappa shape index (κ2) is 3.92. The highest BCUT2D eigenvalue weighted by Gasteiger charge is 2.36. The van der Waals surface area contributed by atoms with Gasteiger partial charge in [0.05, 0.1) is 5.52 Å². The summed E-state index contributed by atoms with van der Waals surface area (Å²) in [6.07, 6.45) is -4.44. The molecule has 1 aromatic carbocycles. The van der Waals surface area contributed by atoms with E-state index in [4.69, 9.17) is 17.3 Å². The molecule has 1 aromatic heterocycles. The van der Waals surface area contributed by atoms with E-state index >= 15 is 0 Å². The Morgan fingerprint density at radius 2 is 2.00 bits per heavy atom. The van der Waals surface area contributed by atoms with E-state index in [1.54, 1.807) is 19.1 Å². The van der Waals surface area contributed by atoms with Crippen molar-refractivity contribution in [3.63, 3.8) is 0 Å². The predicted octanol–water partition coefficient (Wildman–Crippen LogP) is 3.61. The number of benzene rings is 1. The smallest absolute Gasteiger partial charge is 0.350 e. The largest absolute Gasteiger partial charge is 0.431 e. The number of alkyl halides is 3. The van der Waals surface area contributed by atoms with Crippen LogP contribution in [0.15, 0.2) is 12.1 Å². The highest BCUT2D eigenvalue weighted by Crippen LogP contribution is 2.37. The molecule has 6 heteroatoms. The molecule has 0 radical (unpaired) electrons. The minimum absolute atomic E-state index is 0.0762. The van der Waals surface area contributed by atoms with Crippen LogP contribution in [0.25, 0.3) is 10.9 Å². The summed E-state index contributed by atoms with van der Waals surface area (Å²) in [4.78, 5) is 2.37. The number of H-pyrrole nitrogens is 1. The third-order valence-electron chi connectivity index (χ3n) is 2.76. The average molecular weight is 263 g/mol. The van der Waals surface area contributed by atoms with Crippen LogP contribution < -0.4 is 5.73 Å². The van der Waals surface area contributed by atoms with Gasteiger partial charge in [0.15, 0.2) is 0 Å². The molecule has 0 aliphatic heterocycles. The van der Waals surface area contributed by atoms with E-state index in [9.17, 15) is 13.2 Å². The fourth-order valence-corrected chi connectivity index (χ4v) is 2.05. The van der Waals surface area contributed by atoms with Crippen molar-refractivity contribution in [1.82, 2.24) is 4.98 Å². The monoisotopic (exact) mass is 262 g/mol. The highest BCUT2D eigenvalue weighted by atomic mass is 35.5. The van der Waals surface area contributed by atoms with Gasteiger partial charge in [-0.25, -0.2) is 0 Å². The van der Waals surface area contributed by atoms with Crippen molar-refractivity contribution in [3.05, 3.63) is 34.0 Å². The van der Waals surface area contributed by atoms with Gasteiger partial charge in [-0.3, -0.25) is 0 Å². The van der Waals surface area contributed by atoms with Crippen LogP contribution in [-0.4, -0.2) is 4.98 Å². The van der Waals surface area contributed by atoms with E-state index in [-0.39, 0.29) is 12.1 Å². The number of nitrogens with two attached hydrogens (primary N) is 1. The molecule has 2 aromatic rings. The zero-order valence-electron chi connectivity index (χ0n) is 8.95. The minimum Gasteiger partial charge on any atom is -0.350 e. The average Bonchev–Trinajstić information content (AvgIpc) is 2.62. The third-order valence-corrected chi connectivity index (χ3v) is 3.17. The van der Waals surface area contributed by atoms with Crippen LogP contribution in [0.1, 0.15) is 16.8 Å². The standard InChI is InChI=1S/C11H10ClF3N2/c1-5-8(12)3-2-6-7(4-16)10(11(13,14)15)17-9(5)6/h2-3,17H,4,16H2,1H3. The van der Waals surface area contributed by atoms with E-state index in [0.717, 1.165) is 0 Å². The third kappa shape index (κ3) is 1.89. The van der Waals surface area contributed by atoms with E-state index in [2.05, 4.69) is 4.98 Å². The lowest BCUT2D eigenvalue weighted by Gasteiger charge is -2.05. The Morgan fingerprint density at radius 3 is 2.53 bits per heavy atom. The van der Waals surface area contributed by atoms with Crippen LogP contribution >= 0.6 is 11.6 Å². The lowest BCUT2D eigenvalue weighted by atomic mass is 10.1. The maximum absolute atomic E-state index is 12.8. The maximum atomic E-state index is 12.8. The lowest BCUT2D eigenvalue weighted by Crippen LogP contribution is -2.11. The van der Waals surface area contributed by atoms with Crippen molar-refractivity contribution in [2.24, 2.45) is 5.73 Å². The molecule has 0 unspecified atom stereocenters. The zero-order chi connectivity index (χ0) is 12.8. The molecule has 0 fully saturated rings. The molecule has 1 heterocycles. The fourth-order valence-electron chi connectivity index (χ4n) is 1.89. The topological polar surface area (TPSA) is 41.8 Å². The molecule has 0 saturated heterocycles. The number of rotatable bonds is 1. The number of fused-ring (bicyclic) bond motifs is 1. The summed E-state index contributed by atoms with van der Waals surface area (Å²) in [6.45, 7) is 1.50. The SMILES string of the molecule is Cc1c(Cl)ccc2c(CN)c(C(F)(F)F)[nH]c12. The summed E-state index contributed by atoms with van der Waals surface area (Å²) in [5.41, 5.74) is 5.66. The van der Waals surface area contributed by atoms with Crippen molar-refractivity contribution in [1.29, 1.82) is 0 Å². The molecule has 0 aliphatic carbocycles. The molecular weight excluding hydrogens is 253 g/mol. The van der Waals surface area contributed by atoms with Gasteiger partial charge >= 0.3 is 6.18 Å². The van der Waals surface area contributed by atoms with E-state index < -0.39 is 11.9 Å². The Kier molecular flexibility index (Phi) is 2.83. The van der Waals surface area contributed by atoms with Crippen LogP contribution in [0.5, 0.6) is 0 Å². The molecule has 3 N–H and O–H groups in total. The molecule has 0 spiro atoms. The minimum atomic E-state index is -4.44. The predicted molar refractivity (Wildman–Crippen MR) is 60.9 cm³/mol. The first kappa shape index (κ1) is 12.3. The van der Waals surface area contributed by atoms with Crippen molar-refractivity contribution < 1.29 is 13.2 Å². The molecule has 0 amide bonds. The summed E-state index contributed by atoms with van der Waals surface area (Å²) >= 11 is 5.87. The number of hydrogen-bond acceptors (Lipinski definition) is 1. The van der Waals surface area contributed by atoms with Gasteiger partial charge in [-0.05, 0) is 18.6 Å². The van der Waals surface area contributed by atoms with E-state index in [1.807, 2.05) is 0 Å². The van der Waals surface area contributed by atoms with Crippen molar-refractivity contribution in [2.75, 3.05) is 0 Å². The Hall–Kier alpha value is -1.20. The first-order chi connectivity index (χ1) is 7.86. The molecule has 2 nitrogen and oxygen atoms in total. The van der Waals surface area contributed by atoms with Gasteiger partial charge in [-0.1, -0.05) is 17.7 Å². The Morgan fingerprint density at radius 1 is 1.35 bits per heavy atom. The normalized spacial score (nSPS) is 12.4. The summed E-state index contributed by atoms with van der Waals surface area (Å²) in [5, 5.41) is 0.901. The number of aromatic nitrogens is 1. The molecule has 0 saturated carbocycles. The second-order valence-electron chi connectivity index (χ2n) is 3.78. The molecule has 0 atom stereocenters. The van der Waals surface area contributed by atoms with Gasteiger partial charge in [0.2, 0.25) is 0 Å². The maximum Gasteiger partial charge on any atom is 0.431 e. The van der Waals surface area contributed by atoms with Crippen molar-refractivity contribution >= 4 is 22.5 Å². The first-order valence-electron chi connectivity index (χ1n) is 4.93. The fraction of sp³-hybridized carbons (Fsp3) is 0.273. The molecule has 92 valence electrons. The first-order valence-corrected chi connectivity index (χ1v) is 5.31. The van der Waals surface area contributed by atoms with Gasteiger partial charge < -0.3 is 10.7 Å². The van der Waals surface area contributed by atoms with E-state index in [0.29, 0.717) is 21.5 Å². The number of hydrogen-bond donors (Lipinski definition) is 2. The Labute approximate surface area is 101 Å². The van der Waals surface area contributed by atoms with Crippen LogP contribution in [0.4, 0.5) is 13.2 Å². The summed E-state index contributed by atoms with van der Waals surface area (Å²) < 4.78 is 38.4. The molecule has 0 aliphatic rings. The highest BCUT2D eigenvalue weighted by molar-refractivity contribution is 6.32. The Balaban J connectivity index is 2.84. The number of aryl methyl sites for hydroxylation is 1. The molecule has 0 bridgehead atoms.